The van der Waals surface area contributed by atoms with Crippen molar-refractivity contribution in [3.05, 3.63) is 54.1 Å². The third kappa shape index (κ3) is 5.95. The molecule has 0 bridgehead atoms. The Morgan fingerprint density at radius 2 is 1.69 bits per heavy atom. The van der Waals surface area contributed by atoms with Gasteiger partial charge in [-0.1, -0.05) is 24.3 Å². The van der Waals surface area contributed by atoms with Gasteiger partial charge in [0.15, 0.2) is 0 Å². The van der Waals surface area contributed by atoms with Gasteiger partial charge in [-0.2, -0.15) is 0 Å². The van der Waals surface area contributed by atoms with Crippen molar-refractivity contribution in [2.75, 3.05) is 36.6 Å². The third-order valence-electron chi connectivity index (χ3n) is 4.13. The highest BCUT2D eigenvalue weighted by Gasteiger charge is 2.21. The molecule has 0 saturated carbocycles. The van der Waals surface area contributed by atoms with Crippen LogP contribution in [0, 0.1) is 0 Å². The number of benzene rings is 2. The number of hydrogen-bond acceptors (Lipinski definition) is 6. The van der Waals surface area contributed by atoms with Crippen molar-refractivity contribution in [2.24, 2.45) is 0 Å². The summed E-state index contributed by atoms with van der Waals surface area (Å²) in [7, 11) is -0.842. The molecule has 0 heterocycles. The lowest BCUT2D eigenvalue weighted by atomic mass is 10.1. The molecule has 0 radical (unpaired) electrons. The molecule has 2 aromatic rings. The molecule has 0 unspecified atom stereocenters. The van der Waals surface area contributed by atoms with Crippen LogP contribution in [0.1, 0.15) is 23.2 Å². The predicted octanol–water partition coefficient (Wildman–Crippen LogP) is 2.67. The van der Waals surface area contributed by atoms with Crippen LogP contribution in [0.2, 0.25) is 0 Å². The van der Waals surface area contributed by atoms with E-state index in [9.17, 15) is 18.0 Å². The van der Waals surface area contributed by atoms with E-state index in [0.29, 0.717) is 17.1 Å². The van der Waals surface area contributed by atoms with Gasteiger partial charge in [0.1, 0.15) is 5.75 Å². The van der Waals surface area contributed by atoms with Crippen molar-refractivity contribution in [1.82, 2.24) is 0 Å². The topological polar surface area (TPSA) is 102 Å². The van der Waals surface area contributed by atoms with Gasteiger partial charge in [0, 0.05) is 13.0 Å². The van der Waals surface area contributed by atoms with Crippen LogP contribution in [0.15, 0.2) is 48.5 Å². The van der Waals surface area contributed by atoms with Gasteiger partial charge in [-0.3, -0.25) is 9.10 Å². The Balaban J connectivity index is 2.05. The Morgan fingerprint density at radius 1 is 1.03 bits per heavy atom. The molecule has 156 valence electrons. The fraction of sp³-hybridized carbons (Fsp3) is 0.300. The van der Waals surface area contributed by atoms with E-state index in [1.54, 1.807) is 48.5 Å². The molecule has 0 aliphatic rings. The molecule has 0 aliphatic heterocycles. The van der Waals surface area contributed by atoms with Gasteiger partial charge in [0.2, 0.25) is 15.9 Å². The highest BCUT2D eigenvalue weighted by atomic mass is 32.2. The average Bonchev–Trinajstić information content (AvgIpc) is 2.70. The van der Waals surface area contributed by atoms with Gasteiger partial charge in [0.05, 0.1) is 37.4 Å². The Hall–Kier alpha value is -3.07. The summed E-state index contributed by atoms with van der Waals surface area (Å²) in [5, 5.41) is 2.67. The molecule has 1 amide bonds. The fourth-order valence-electron chi connectivity index (χ4n) is 2.78. The maximum Gasteiger partial charge on any atom is 0.339 e. The molecule has 29 heavy (non-hydrogen) atoms. The van der Waals surface area contributed by atoms with Crippen LogP contribution in [0.5, 0.6) is 5.75 Å². The number of carbonyl (C=O) groups excluding carboxylic acids is 2. The smallest absolute Gasteiger partial charge is 0.339 e. The number of anilines is 2. The molecule has 8 nitrogen and oxygen atoms in total. The number of para-hydroxylation sites is 3. The lowest BCUT2D eigenvalue weighted by molar-refractivity contribution is -0.116. The summed E-state index contributed by atoms with van der Waals surface area (Å²) in [5.41, 5.74) is 0.998. The van der Waals surface area contributed by atoms with Crippen LogP contribution in [-0.2, 0) is 19.6 Å². The van der Waals surface area contributed by atoms with Crippen molar-refractivity contribution in [3.63, 3.8) is 0 Å². The molecule has 2 rings (SSSR count). The van der Waals surface area contributed by atoms with Gasteiger partial charge >= 0.3 is 5.97 Å². The molecular formula is C20H24N2O6S. The fourth-order valence-corrected chi connectivity index (χ4v) is 3.75. The minimum absolute atomic E-state index is 0.0661. The normalized spacial score (nSPS) is 10.9. The number of nitrogens with one attached hydrogen (secondary N) is 1. The number of ether oxygens (including phenoxy) is 2. The largest absolute Gasteiger partial charge is 0.495 e. The molecule has 9 heteroatoms. The van der Waals surface area contributed by atoms with Gasteiger partial charge < -0.3 is 14.8 Å². The zero-order valence-electron chi connectivity index (χ0n) is 16.5. The maximum atomic E-state index is 12.3. The minimum atomic E-state index is -3.57. The van der Waals surface area contributed by atoms with Crippen LogP contribution < -0.4 is 14.4 Å². The Kier molecular flexibility index (Phi) is 7.60. The molecule has 1 N–H and O–H groups in total. The second-order valence-electron chi connectivity index (χ2n) is 6.20. The zero-order valence-corrected chi connectivity index (χ0v) is 17.4. The van der Waals surface area contributed by atoms with Crippen molar-refractivity contribution in [3.8, 4) is 5.75 Å². The van der Waals surface area contributed by atoms with Gasteiger partial charge in [0.25, 0.3) is 0 Å². The minimum Gasteiger partial charge on any atom is -0.495 e. The summed E-state index contributed by atoms with van der Waals surface area (Å²) >= 11 is 0. The number of sulfonamides is 1. The van der Waals surface area contributed by atoms with Gasteiger partial charge in [-0.05, 0) is 30.7 Å². The van der Waals surface area contributed by atoms with E-state index in [1.807, 2.05) is 0 Å². The van der Waals surface area contributed by atoms with Crippen molar-refractivity contribution < 1.29 is 27.5 Å². The summed E-state index contributed by atoms with van der Waals surface area (Å²) in [4.78, 5) is 24.1. The zero-order chi connectivity index (χ0) is 21.4. The number of rotatable bonds is 9. The van der Waals surface area contributed by atoms with E-state index in [1.165, 1.54) is 18.5 Å². The highest BCUT2D eigenvalue weighted by Crippen LogP contribution is 2.29. The van der Waals surface area contributed by atoms with Crippen molar-refractivity contribution >= 4 is 33.3 Å². The predicted molar refractivity (Wildman–Crippen MR) is 111 cm³/mol. The van der Waals surface area contributed by atoms with Crippen LogP contribution in [0.4, 0.5) is 11.4 Å². The Labute approximate surface area is 170 Å². The second kappa shape index (κ2) is 9.92. The molecule has 0 aromatic heterocycles. The number of hydrogen-bond donors (Lipinski definition) is 1. The first-order valence-corrected chi connectivity index (χ1v) is 10.7. The van der Waals surface area contributed by atoms with E-state index >= 15 is 0 Å². The lowest BCUT2D eigenvalue weighted by Gasteiger charge is -2.24. The van der Waals surface area contributed by atoms with Gasteiger partial charge in [-0.25, -0.2) is 13.2 Å². The average molecular weight is 420 g/mol. The lowest BCUT2D eigenvalue weighted by Crippen LogP contribution is -2.31. The molecule has 0 saturated heterocycles. The van der Waals surface area contributed by atoms with Crippen LogP contribution in [0.3, 0.4) is 0 Å². The van der Waals surface area contributed by atoms with E-state index in [-0.39, 0.29) is 30.9 Å². The van der Waals surface area contributed by atoms with E-state index < -0.39 is 16.0 Å². The number of methoxy groups -OCH3 is 2. The summed E-state index contributed by atoms with van der Waals surface area (Å²) in [6.07, 6.45) is 1.44. The first kappa shape index (κ1) is 22.2. The molecular weight excluding hydrogens is 396 g/mol. The number of amides is 1. The monoisotopic (exact) mass is 420 g/mol. The van der Waals surface area contributed by atoms with Crippen LogP contribution in [0.25, 0.3) is 0 Å². The number of esters is 1. The third-order valence-corrected chi connectivity index (χ3v) is 5.31. The van der Waals surface area contributed by atoms with Crippen molar-refractivity contribution in [1.29, 1.82) is 0 Å². The molecule has 0 fully saturated rings. The van der Waals surface area contributed by atoms with Crippen molar-refractivity contribution in [2.45, 2.75) is 12.8 Å². The summed E-state index contributed by atoms with van der Waals surface area (Å²) in [6.45, 7) is 0.102. The van der Waals surface area contributed by atoms with Crippen LogP contribution >= 0.6 is 0 Å². The summed E-state index contributed by atoms with van der Waals surface area (Å²) in [6, 6.07) is 13.3. The SMILES string of the molecule is COC(=O)c1ccccc1NC(=O)CCCN(c1ccccc1OC)S(C)(=O)=O. The summed E-state index contributed by atoms with van der Waals surface area (Å²) < 4.78 is 35.6. The molecule has 0 spiro atoms. The molecule has 0 atom stereocenters. The first-order valence-electron chi connectivity index (χ1n) is 8.86. The number of nitrogens with zero attached hydrogens (tertiary/aromatic N) is 1. The molecule has 2 aromatic carbocycles. The Morgan fingerprint density at radius 3 is 2.34 bits per heavy atom. The van der Waals surface area contributed by atoms with E-state index in [2.05, 4.69) is 5.32 Å². The summed E-state index contributed by atoms with van der Waals surface area (Å²) in [5.74, 6) is -0.468. The van der Waals surface area contributed by atoms with Crippen LogP contribution in [-0.4, -0.2) is 47.3 Å². The first-order chi connectivity index (χ1) is 13.8. The molecule has 0 aliphatic carbocycles. The van der Waals surface area contributed by atoms with E-state index in [0.717, 1.165) is 6.26 Å². The maximum absolute atomic E-state index is 12.3. The standard InChI is InChI=1S/C20H24N2O6S/c1-27-18-12-7-6-11-17(18)22(29(3,25)26)14-8-13-19(23)21-16-10-5-4-9-15(16)20(24)28-2/h4-7,9-12H,8,13-14H2,1-3H3,(H,21,23). The number of carbonyl (C=O) groups is 2. The highest BCUT2D eigenvalue weighted by molar-refractivity contribution is 7.92. The van der Waals surface area contributed by atoms with Gasteiger partial charge in [-0.15, -0.1) is 0 Å². The second-order valence-corrected chi connectivity index (χ2v) is 8.10. The van der Waals surface area contributed by atoms with E-state index in [4.69, 9.17) is 9.47 Å². The quantitative estimate of drug-likeness (QED) is 0.626. The Bertz CT molecular complexity index is 974.